The van der Waals surface area contributed by atoms with E-state index >= 15 is 0 Å². The Labute approximate surface area is 334 Å². The van der Waals surface area contributed by atoms with Gasteiger partial charge in [0.1, 0.15) is 0 Å². The molecule has 2 nitrogen and oxygen atoms in total. The number of thiophene rings is 2. The van der Waals surface area contributed by atoms with Gasteiger partial charge in [-0.2, -0.15) is 0 Å². The molecule has 286 valence electrons. The molecule has 4 rings (SSSR count). The van der Waals surface area contributed by atoms with Crippen LogP contribution >= 0.6 is 45.3 Å². The number of thiazole rings is 2. The maximum atomic E-state index is 5.28. The van der Waals surface area contributed by atoms with Crippen molar-refractivity contribution >= 4 is 76.3 Å². The number of rotatable bonds is 29. The maximum absolute atomic E-state index is 5.28. The first kappa shape index (κ1) is 43.4. The van der Waals surface area contributed by atoms with E-state index in [2.05, 4.69) is 59.1 Å². The van der Waals surface area contributed by atoms with Gasteiger partial charge in [0.15, 0.2) is 0 Å². The molecule has 0 N–H and O–H groups in total. The molecule has 4 aromatic heterocycles. The average Bonchev–Trinajstić information content (AvgIpc) is 3.88. The van der Waals surface area contributed by atoms with Crippen LogP contribution in [0.3, 0.4) is 0 Å². The van der Waals surface area contributed by atoms with E-state index in [1.165, 1.54) is 197 Å². The number of unbranched alkanes of at least 4 members (excludes halogenated alkanes) is 22. The number of fused-ring (bicyclic) bond motifs is 1. The fourth-order valence-electron chi connectivity index (χ4n) is 7.25. The summed E-state index contributed by atoms with van der Waals surface area (Å²) in [5, 5.41) is 2.41. The van der Waals surface area contributed by atoms with Crippen molar-refractivity contribution in [1.82, 2.24) is 9.97 Å². The molecule has 0 aromatic carbocycles. The second-order valence-corrected chi connectivity index (χ2v) is 36.0. The average molecular weight is 876 g/mol. The summed E-state index contributed by atoms with van der Waals surface area (Å²) in [4.78, 5) is 24.7. The second kappa shape index (κ2) is 24.3. The van der Waals surface area contributed by atoms with Gasteiger partial charge in [-0.15, -0.1) is 0 Å². The normalized spacial score (nSPS) is 12.2. The number of nitrogens with zero attached hydrogens (tertiary/aromatic N) is 2. The summed E-state index contributed by atoms with van der Waals surface area (Å²) in [5.74, 6) is 0. The molecule has 0 bridgehead atoms. The van der Waals surface area contributed by atoms with Crippen LogP contribution in [0.15, 0.2) is 12.1 Å². The third-order valence-corrected chi connectivity index (χ3v) is 24.5. The Bertz CT molecular complexity index is 1470. The van der Waals surface area contributed by atoms with Crippen LogP contribution in [0, 0.1) is 6.92 Å². The van der Waals surface area contributed by atoms with E-state index in [4.69, 9.17) is 9.97 Å². The first-order valence-corrected chi connectivity index (χ1v) is 34.6. The number of aromatic nitrogens is 2. The van der Waals surface area contributed by atoms with Crippen LogP contribution in [0.1, 0.15) is 184 Å². The third kappa shape index (κ3) is 15.4. The van der Waals surface area contributed by atoms with Gasteiger partial charge in [0, 0.05) is 0 Å². The van der Waals surface area contributed by atoms with Crippen molar-refractivity contribution in [2.75, 3.05) is 0 Å². The van der Waals surface area contributed by atoms with Gasteiger partial charge in [-0.3, -0.25) is 0 Å². The van der Waals surface area contributed by atoms with Crippen LogP contribution < -0.4 is 2.89 Å². The molecule has 7 heteroatoms. The summed E-state index contributed by atoms with van der Waals surface area (Å²) in [6.07, 6.45) is 36.1. The van der Waals surface area contributed by atoms with Crippen LogP contribution in [-0.2, 0) is 12.8 Å². The molecule has 51 heavy (non-hydrogen) atoms. The summed E-state index contributed by atoms with van der Waals surface area (Å²) >= 11 is 5.49. The van der Waals surface area contributed by atoms with Crippen molar-refractivity contribution in [2.24, 2.45) is 0 Å². The van der Waals surface area contributed by atoms with Gasteiger partial charge in [0.2, 0.25) is 0 Å². The summed E-state index contributed by atoms with van der Waals surface area (Å²) < 4.78 is 1.69. The molecule has 0 amide bonds. The zero-order valence-corrected chi connectivity index (χ0v) is 39.7. The SMILES string of the molecule is CCCCCCCCCCCCCCc1cc(C)sc1-c1nc2sc(-c3s[c]([Sn]([CH3])([CH3])[CH3])cc3CCCCCCCCCCCCCC)nc2s1. The molecule has 0 saturated carbocycles. The van der Waals surface area contributed by atoms with Gasteiger partial charge >= 0.3 is 227 Å². The molecule has 0 aliphatic heterocycles. The minimum absolute atomic E-state index is 1.14. The molecule has 0 fully saturated rings. The van der Waals surface area contributed by atoms with Crippen LogP contribution in [0.4, 0.5) is 0 Å². The Hall–Kier alpha value is -0.281. The van der Waals surface area contributed by atoms with Crippen LogP contribution in [0.5, 0.6) is 0 Å². The Morgan fingerprint density at radius 3 is 1.20 bits per heavy atom. The predicted molar refractivity (Wildman–Crippen MR) is 239 cm³/mol. The summed E-state index contributed by atoms with van der Waals surface area (Å²) in [6.45, 7) is 6.87. The molecule has 0 aliphatic rings. The van der Waals surface area contributed by atoms with E-state index in [-0.39, 0.29) is 0 Å². The zero-order chi connectivity index (χ0) is 36.3. The molecule has 4 aromatic rings. The van der Waals surface area contributed by atoms with Gasteiger partial charge < -0.3 is 0 Å². The fourth-order valence-corrected chi connectivity index (χ4v) is 17.1. The van der Waals surface area contributed by atoms with Gasteiger partial charge in [0.25, 0.3) is 0 Å². The van der Waals surface area contributed by atoms with Gasteiger partial charge in [-0.1, -0.05) is 110 Å². The Balaban J connectivity index is 1.26. The molecule has 4 heterocycles. The topological polar surface area (TPSA) is 25.8 Å². The molecule has 0 atom stereocenters. The zero-order valence-electron chi connectivity index (χ0n) is 33.6. The summed E-state index contributed by atoms with van der Waals surface area (Å²) in [5.41, 5.74) is 3.07. The van der Waals surface area contributed by atoms with Gasteiger partial charge in [0.05, 0.1) is 0 Å². The molecular formula is C44H72N2S4Sn. The van der Waals surface area contributed by atoms with E-state index < -0.39 is 18.4 Å². The summed E-state index contributed by atoms with van der Waals surface area (Å²) in [7, 11) is 0. The Morgan fingerprint density at radius 1 is 0.451 bits per heavy atom. The molecule has 0 radical (unpaired) electrons. The van der Waals surface area contributed by atoms with Crippen molar-refractivity contribution < 1.29 is 0 Å². The Kier molecular flexibility index (Phi) is 20.7. The monoisotopic (exact) mass is 876 g/mol. The first-order chi connectivity index (χ1) is 24.8. The van der Waals surface area contributed by atoms with Crippen molar-refractivity contribution in [3.63, 3.8) is 0 Å². The predicted octanol–water partition coefficient (Wildman–Crippen LogP) is 16.6. The van der Waals surface area contributed by atoms with E-state index in [1.54, 1.807) is 8.46 Å². The fraction of sp³-hybridized carbons (Fsp3) is 0.727. The van der Waals surface area contributed by atoms with Crippen LogP contribution in [-0.4, -0.2) is 28.3 Å². The van der Waals surface area contributed by atoms with Crippen molar-refractivity contribution in [1.29, 1.82) is 0 Å². The van der Waals surface area contributed by atoms with Crippen molar-refractivity contribution in [3.8, 4) is 19.8 Å². The second-order valence-electron chi connectivity index (χ2n) is 16.4. The van der Waals surface area contributed by atoms with E-state index in [9.17, 15) is 0 Å². The molecule has 0 spiro atoms. The van der Waals surface area contributed by atoms with Gasteiger partial charge in [-0.05, 0) is 0 Å². The van der Waals surface area contributed by atoms with Crippen molar-refractivity contribution in [2.45, 2.75) is 203 Å². The number of hydrogen-bond acceptors (Lipinski definition) is 6. The van der Waals surface area contributed by atoms with Gasteiger partial charge in [-0.25, -0.2) is 0 Å². The quantitative estimate of drug-likeness (QED) is 0.0401. The Morgan fingerprint density at radius 2 is 0.804 bits per heavy atom. The molecule has 0 saturated heterocycles. The van der Waals surface area contributed by atoms with Crippen LogP contribution in [0.2, 0.25) is 14.8 Å². The van der Waals surface area contributed by atoms with Crippen molar-refractivity contribution in [3.05, 3.63) is 28.1 Å². The first-order valence-electron chi connectivity index (χ1n) is 21.3. The van der Waals surface area contributed by atoms with E-state index in [0.717, 1.165) is 9.66 Å². The number of hydrogen-bond donors (Lipinski definition) is 0. The standard InChI is InChI=1S/C41H63N2S4.3CH3.Sn/c1-4-6-8-10-12-14-16-18-20-22-24-26-28-34-30-31-44-36(34)38-42-40-41(46-38)43-39(47-40)37-35(32-33(3)45-37)29-27-25-23-21-19-17-15-13-11-9-7-5-2;;;;/h30,32H,4-29H2,1-3H3;3*1H3;. The minimum atomic E-state index is -2.18. The third-order valence-electron chi connectivity index (χ3n) is 10.4. The van der Waals surface area contributed by atoms with Crippen LogP contribution in [0.25, 0.3) is 29.4 Å². The summed E-state index contributed by atoms with van der Waals surface area (Å²) in [6, 6.07) is 5.03. The molecular weight excluding hydrogens is 803 g/mol. The number of aryl methyl sites for hydroxylation is 3. The molecule has 0 unspecified atom stereocenters. The van der Waals surface area contributed by atoms with E-state index in [1.807, 2.05) is 34.0 Å². The van der Waals surface area contributed by atoms with E-state index in [0.29, 0.717) is 0 Å². The molecule has 0 aliphatic carbocycles.